The molecule has 3 aromatic rings. The normalized spacial score (nSPS) is 10.7. The number of carbonyl (C=O) groups is 1. The van der Waals surface area contributed by atoms with Crippen molar-refractivity contribution in [1.29, 1.82) is 0 Å². The molecule has 7 heteroatoms. The Hall–Kier alpha value is -2.80. The maximum atomic E-state index is 12.0. The molecule has 0 saturated heterocycles. The first-order valence-corrected chi connectivity index (χ1v) is 9.19. The van der Waals surface area contributed by atoms with Crippen molar-refractivity contribution in [2.45, 2.75) is 30.9 Å². The molecule has 2 heterocycles. The fourth-order valence-electron chi connectivity index (χ4n) is 2.36. The third-order valence-electron chi connectivity index (χ3n) is 3.75. The van der Waals surface area contributed by atoms with Crippen LogP contribution in [0.2, 0.25) is 0 Å². The van der Waals surface area contributed by atoms with Gasteiger partial charge in [0.15, 0.2) is 16.7 Å². The Balaban J connectivity index is 1.66. The summed E-state index contributed by atoms with van der Waals surface area (Å²) >= 11 is 1.61. The Labute approximate surface area is 156 Å². The van der Waals surface area contributed by atoms with E-state index in [1.807, 2.05) is 4.57 Å². The number of furan rings is 1. The van der Waals surface area contributed by atoms with Crippen LogP contribution in [0, 0.1) is 6.92 Å². The first-order chi connectivity index (χ1) is 12.7. The molecule has 0 atom stereocenters. The van der Waals surface area contributed by atoms with Gasteiger partial charge in [0.2, 0.25) is 0 Å². The summed E-state index contributed by atoms with van der Waals surface area (Å²) in [5.41, 5.74) is 2.46. The molecule has 26 heavy (non-hydrogen) atoms. The van der Waals surface area contributed by atoms with Gasteiger partial charge in [-0.3, -0.25) is 4.79 Å². The Morgan fingerprint density at radius 3 is 2.81 bits per heavy atom. The molecule has 0 aliphatic rings. The van der Waals surface area contributed by atoms with Gasteiger partial charge in [0.25, 0.3) is 5.91 Å². The van der Waals surface area contributed by atoms with Crippen LogP contribution in [0.25, 0.3) is 0 Å². The van der Waals surface area contributed by atoms with Gasteiger partial charge in [-0.1, -0.05) is 47.7 Å². The highest BCUT2D eigenvalue weighted by molar-refractivity contribution is 7.98. The van der Waals surface area contributed by atoms with Crippen LogP contribution in [0.1, 0.15) is 27.5 Å². The van der Waals surface area contributed by atoms with Crippen LogP contribution < -0.4 is 5.32 Å². The lowest BCUT2D eigenvalue weighted by molar-refractivity contribution is 0.0921. The van der Waals surface area contributed by atoms with Crippen molar-refractivity contribution in [2.24, 2.45) is 0 Å². The molecule has 0 bridgehead atoms. The molecule has 0 aliphatic heterocycles. The number of nitrogens with zero attached hydrogens (tertiary/aromatic N) is 3. The van der Waals surface area contributed by atoms with E-state index in [1.165, 1.54) is 17.4 Å². The summed E-state index contributed by atoms with van der Waals surface area (Å²) in [6.45, 7) is 6.71. The third-order valence-corrected chi connectivity index (χ3v) is 4.78. The topological polar surface area (TPSA) is 73.0 Å². The van der Waals surface area contributed by atoms with Crippen molar-refractivity contribution in [3.63, 3.8) is 0 Å². The van der Waals surface area contributed by atoms with E-state index in [0.717, 1.165) is 10.9 Å². The van der Waals surface area contributed by atoms with Crippen molar-refractivity contribution in [3.8, 4) is 0 Å². The average molecular weight is 368 g/mol. The second-order valence-corrected chi connectivity index (χ2v) is 6.67. The predicted molar refractivity (Wildman–Crippen MR) is 101 cm³/mol. The molecule has 134 valence electrons. The fourth-order valence-corrected chi connectivity index (χ4v) is 3.28. The van der Waals surface area contributed by atoms with E-state index < -0.39 is 0 Å². The lowest BCUT2D eigenvalue weighted by atomic mass is 10.2. The summed E-state index contributed by atoms with van der Waals surface area (Å²) in [4.78, 5) is 12.0. The van der Waals surface area contributed by atoms with Crippen LogP contribution in [0.3, 0.4) is 0 Å². The van der Waals surface area contributed by atoms with Gasteiger partial charge in [-0.25, -0.2) is 0 Å². The minimum atomic E-state index is -0.281. The summed E-state index contributed by atoms with van der Waals surface area (Å²) < 4.78 is 7.04. The van der Waals surface area contributed by atoms with Crippen LogP contribution in [-0.2, 0) is 18.8 Å². The smallest absolute Gasteiger partial charge is 0.287 e. The Bertz CT molecular complexity index is 870. The molecule has 0 saturated carbocycles. The van der Waals surface area contributed by atoms with Crippen molar-refractivity contribution in [1.82, 2.24) is 20.1 Å². The Morgan fingerprint density at radius 2 is 2.12 bits per heavy atom. The van der Waals surface area contributed by atoms with Crippen LogP contribution >= 0.6 is 11.8 Å². The number of carbonyl (C=O) groups excluding carboxylic acids is 1. The number of thioether (sulfide) groups is 1. The first-order valence-electron chi connectivity index (χ1n) is 8.20. The lowest BCUT2D eigenvalue weighted by Gasteiger charge is -2.08. The molecule has 1 N–H and O–H groups in total. The molecule has 0 spiro atoms. The van der Waals surface area contributed by atoms with Crippen LogP contribution in [0.15, 0.2) is 64.9 Å². The summed E-state index contributed by atoms with van der Waals surface area (Å²) in [6, 6.07) is 11.7. The second kappa shape index (κ2) is 8.53. The monoisotopic (exact) mass is 368 g/mol. The summed E-state index contributed by atoms with van der Waals surface area (Å²) in [5.74, 6) is 1.47. The first kappa shape index (κ1) is 18.0. The molecule has 1 aromatic carbocycles. The van der Waals surface area contributed by atoms with Crippen LogP contribution in [0.5, 0.6) is 0 Å². The van der Waals surface area contributed by atoms with E-state index in [9.17, 15) is 4.79 Å². The Kier molecular flexibility index (Phi) is 5.91. The molecule has 2 aromatic heterocycles. The number of benzene rings is 1. The summed E-state index contributed by atoms with van der Waals surface area (Å²) in [5, 5.41) is 12.1. The van der Waals surface area contributed by atoms with Gasteiger partial charge in [-0.05, 0) is 24.6 Å². The maximum absolute atomic E-state index is 12.0. The molecular formula is C19H20N4O2S. The minimum absolute atomic E-state index is 0.269. The molecule has 0 aliphatic carbocycles. The number of nitrogens with one attached hydrogen (secondary N) is 1. The number of hydrogen-bond acceptors (Lipinski definition) is 5. The van der Waals surface area contributed by atoms with Gasteiger partial charge in [0.05, 0.1) is 12.8 Å². The third kappa shape index (κ3) is 4.43. The number of hydrogen-bond donors (Lipinski definition) is 1. The highest BCUT2D eigenvalue weighted by Crippen LogP contribution is 2.22. The zero-order chi connectivity index (χ0) is 18.4. The fraction of sp³-hybridized carbons (Fsp3) is 0.211. The van der Waals surface area contributed by atoms with Crippen molar-refractivity contribution in [3.05, 3.63) is 78.0 Å². The molecule has 1 amide bonds. The standard InChI is InChI=1S/C19H20N4O2S/c1-3-10-23-17(12-20-18(24)16-5-4-11-25-16)21-22-19(23)26-13-15-8-6-14(2)7-9-15/h3-9,11H,1,10,12-13H2,2H3,(H,20,24). The average Bonchev–Trinajstić information content (AvgIpc) is 3.30. The largest absolute Gasteiger partial charge is 0.459 e. The van der Waals surface area contributed by atoms with Gasteiger partial charge in [0, 0.05) is 12.3 Å². The zero-order valence-electron chi connectivity index (χ0n) is 14.5. The van der Waals surface area contributed by atoms with E-state index in [4.69, 9.17) is 4.42 Å². The van der Waals surface area contributed by atoms with Gasteiger partial charge in [-0.15, -0.1) is 16.8 Å². The molecule has 0 unspecified atom stereocenters. The van der Waals surface area contributed by atoms with E-state index in [2.05, 4.69) is 53.3 Å². The number of rotatable bonds is 8. The van der Waals surface area contributed by atoms with Gasteiger partial charge >= 0.3 is 0 Å². The van der Waals surface area contributed by atoms with Crippen molar-refractivity contribution < 1.29 is 9.21 Å². The van der Waals surface area contributed by atoms with E-state index in [1.54, 1.807) is 30.0 Å². The molecule has 0 fully saturated rings. The van der Waals surface area contributed by atoms with E-state index >= 15 is 0 Å². The molecular weight excluding hydrogens is 348 g/mol. The predicted octanol–water partition coefficient (Wildman–Crippen LogP) is 3.59. The maximum Gasteiger partial charge on any atom is 0.287 e. The van der Waals surface area contributed by atoms with Crippen LogP contribution in [0.4, 0.5) is 0 Å². The lowest BCUT2D eigenvalue weighted by Crippen LogP contribution is -2.24. The highest BCUT2D eigenvalue weighted by Gasteiger charge is 2.14. The number of aryl methyl sites for hydroxylation is 1. The van der Waals surface area contributed by atoms with Gasteiger partial charge in [-0.2, -0.15) is 0 Å². The summed E-state index contributed by atoms with van der Waals surface area (Å²) in [6.07, 6.45) is 3.26. The van der Waals surface area contributed by atoms with Gasteiger partial charge in [0.1, 0.15) is 0 Å². The zero-order valence-corrected chi connectivity index (χ0v) is 15.3. The minimum Gasteiger partial charge on any atom is -0.459 e. The number of allylic oxidation sites excluding steroid dienone is 1. The highest BCUT2D eigenvalue weighted by atomic mass is 32.2. The number of aromatic nitrogens is 3. The molecule has 6 nitrogen and oxygen atoms in total. The quantitative estimate of drug-likeness (QED) is 0.486. The van der Waals surface area contributed by atoms with E-state index in [0.29, 0.717) is 12.4 Å². The van der Waals surface area contributed by atoms with Gasteiger partial charge < -0.3 is 14.3 Å². The van der Waals surface area contributed by atoms with Crippen molar-refractivity contribution in [2.75, 3.05) is 0 Å². The number of amides is 1. The van der Waals surface area contributed by atoms with Crippen molar-refractivity contribution >= 4 is 17.7 Å². The molecule has 3 rings (SSSR count). The molecule has 0 radical (unpaired) electrons. The summed E-state index contributed by atoms with van der Waals surface area (Å²) in [7, 11) is 0. The van der Waals surface area contributed by atoms with E-state index in [-0.39, 0.29) is 18.2 Å². The second-order valence-electron chi connectivity index (χ2n) is 5.73. The van der Waals surface area contributed by atoms with Crippen LogP contribution in [-0.4, -0.2) is 20.7 Å². The Morgan fingerprint density at radius 1 is 1.31 bits per heavy atom. The SMILES string of the molecule is C=CCn1c(CNC(=O)c2ccco2)nnc1SCc1ccc(C)cc1.